The van der Waals surface area contributed by atoms with E-state index >= 15 is 0 Å². The van der Waals surface area contributed by atoms with Crippen molar-refractivity contribution in [2.24, 2.45) is 0 Å². The highest BCUT2D eigenvalue weighted by atomic mass is 32.1. The molecule has 2 nitrogen and oxygen atoms in total. The summed E-state index contributed by atoms with van der Waals surface area (Å²) in [6.07, 6.45) is 0.346. The summed E-state index contributed by atoms with van der Waals surface area (Å²) in [5.41, 5.74) is 2.04. The Morgan fingerprint density at radius 1 is 1.26 bits per heavy atom. The maximum Gasteiger partial charge on any atom is 0.123 e. The van der Waals surface area contributed by atoms with Crippen LogP contribution in [0.5, 0.6) is 0 Å². The van der Waals surface area contributed by atoms with Crippen LogP contribution in [0.3, 0.4) is 0 Å². The Balaban J connectivity index is 1.78. The monoisotopic (exact) mass is 279 g/mol. The summed E-state index contributed by atoms with van der Waals surface area (Å²) in [5.74, 6) is -0.211. The maximum absolute atomic E-state index is 12.8. The molecule has 19 heavy (non-hydrogen) atoms. The van der Waals surface area contributed by atoms with Crippen molar-refractivity contribution < 1.29 is 9.50 Å². The molecule has 0 aliphatic heterocycles. The first-order chi connectivity index (χ1) is 9.15. The molecule has 2 rings (SSSR count). The van der Waals surface area contributed by atoms with Crippen LogP contribution in [-0.4, -0.2) is 17.7 Å². The third kappa shape index (κ3) is 4.42. The van der Waals surface area contributed by atoms with Gasteiger partial charge in [-0.25, -0.2) is 4.39 Å². The highest BCUT2D eigenvalue weighted by molar-refractivity contribution is 7.07. The summed E-state index contributed by atoms with van der Waals surface area (Å²) in [7, 11) is 0. The minimum Gasteiger partial charge on any atom is -0.387 e. The molecule has 102 valence electrons. The van der Waals surface area contributed by atoms with Crippen molar-refractivity contribution in [1.82, 2.24) is 5.32 Å². The predicted molar refractivity (Wildman–Crippen MR) is 76.8 cm³/mol. The summed E-state index contributed by atoms with van der Waals surface area (Å²) < 4.78 is 12.8. The van der Waals surface area contributed by atoms with Crippen molar-refractivity contribution in [3.8, 4) is 0 Å². The minimum atomic E-state index is -0.470. The van der Waals surface area contributed by atoms with Gasteiger partial charge in [0.1, 0.15) is 5.82 Å². The van der Waals surface area contributed by atoms with Crippen molar-refractivity contribution >= 4 is 11.3 Å². The van der Waals surface area contributed by atoms with Gasteiger partial charge in [-0.05, 0) is 53.4 Å². The molecule has 0 fully saturated rings. The van der Waals surface area contributed by atoms with Gasteiger partial charge >= 0.3 is 0 Å². The Morgan fingerprint density at radius 2 is 2.00 bits per heavy atom. The van der Waals surface area contributed by atoms with Crippen molar-refractivity contribution in [2.75, 3.05) is 6.54 Å². The highest BCUT2D eigenvalue weighted by Crippen LogP contribution is 2.15. The SMILES string of the molecule is C[C@@H](Cc1ccc(F)cc1)NC[C@H](O)c1ccsc1. The summed E-state index contributed by atoms with van der Waals surface area (Å²) in [6.45, 7) is 2.59. The quantitative estimate of drug-likeness (QED) is 0.851. The van der Waals surface area contributed by atoms with E-state index < -0.39 is 6.10 Å². The van der Waals surface area contributed by atoms with E-state index in [1.807, 2.05) is 16.8 Å². The molecule has 0 saturated carbocycles. The number of halogens is 1. The zero-order chi connectivity index (χ0) is 13.7. The lowest BCUT2D eigenvalue weighted by atomic mass is 10.1. The van der Waals surface area contributed by atoms with E-state index in [-0.39, 0.29) is 11.9 Å². The maximum atomic E-state index is 12.8. The molecule has 0 amide bonds. The van der Waals surface area contributed by atoms with E-state index in [0.29, 0.717) is 6.54 Å². The van der Waals surface area contributed by atoms with Crippen LogP contribution in [-0.2, 0) is 6.42 Å². The molecule has 0 aliphatic rings. The van der Waals surface area contributed by atoms with Gasteiger partial charge in [0, 0.05) is 12.6 Å². The van der Waals surface area contributed by atoms with Gasteiger partial charge in [0.25, 0.3) is 0 Å². The predicted octanol–water partition coefficient (Wildman–Crippen LogP) is 3.14. The fourth-order valence-corrected chi connectivity index (χ4v) is 2.65. The Hall–Kier alpha value is -1.23. The van der Waals surface area contributed by atoms with Gasteiger partial charge in [-0.1, -0.05) is 12.1 Å². The van der Waals surface area contributed by atoms with Crippen molar-refractivity contribution in [1.29, 1.82) is 0 Å². The topological polar surface area (TPSA) is 32.3 Å². The fraction of sp³-hybridized carbons (Fsp3) is 0.333. The number of aliphatic hydroxyl groups is 1. The molecule has 0 unspecified atom stereocenters. The van der Waals surface area contributed by atoms with Crippen LogP contribution in [0.2, 0.25) is 0 Å². The first-order valence-corrected chi connectivity index (χ1v) is 7.27. The second-order valence-corrected chi connectivity index (χ2v) is 5.49. The molecule has 1 heterocycles. The van der Waals surface area contributed by atoms with Gasteiger partial charge in [-0.2, -0.15) is 11.3 Å². The summed E-state index contributed by atoms with van der Waals surface area (Å²) in [5, 5.41) is 17.2. The van der Waals surface area contributed by atoms with Crippen LogP contribution in [0.15, 0.2) is 41.1 Å². The summed E-state index contributed by atoms with van der Waals surface area (Å²) >= 11 is 1.58. The molecule has 2 atom stereocenters. The number of thiophene rings is 1. The number of rotatable bonds is 6. The van der Waals surface area contributed by atoms with Gasteiger partial charge in [0.15, 0.2) is 0 Å². The Bertz CT molecular complexity index is 483. The van der Waals surface area contributed by atoms with Gasteiger partial charge in [-0.3, -0.25) is 0 Å². The largest absolute Gasteiger partial charge is 0.387 e. The Kier molecular flexibility index (Phi) is 5.07. The molecule has 4 heteroatoms. The Morgan fingerprint density at radius 3 is 2.63 bits per heavy atom. The van der Waals surface area contributed by atoms with Gasteiger partial charge in [0.2, 0.25) is 0 Å². The number of hydrogen-bond acceptors (Lipinski definition) is 3. The number of nitrogens with one attached hydrogen (secondary N) is 1. The lowest BCUT2D eigenvalue weighted by Crippen LogP contribution is -2.31. The van der Waals surface area contributed by atoms with Crippen molar-refractivity contribution in [3.05, 3.63) is 58.0 Å². The van der Waals surface area contributed by atoms with Crippen molar-refractivity contribution in [2.45, 2.75) is 25.5 Å². The third-order valence-electron chi connectivity index (χ3n) is 3.04. The molecule has 0 radical (unpaired) electrons. The molecule has 2 aromatic rings. The van der Waals surface area contributed by atoms with Crippen LogP contribution in [0, 0.1) is 5.82 Å². The molecule has 0 bridgehead atoms. The van der Waals surface area contributed by atoms with Gasteiger partial charge in [-0.15, -0.1) is 0 Å². The zero-order valence-electron chi connectivity index (χ0n) is 10.8. The van der Waals surface area contributed by atoms with Crippen LogP contribution < -0.4 is 5.32 Å². The van der Waals surface area contributed by atoms with Crippen LogP contribution in [0.4, 0.5) is 4.39 Å². The highest BCUT2D eigenvalue weighted by Gasteiger charge is 2.10. The van der Waals surface area contributed by atoms with E-state index in [2.05, 4.69) is 12.2 Å². The summed E-state index contributed by atoms with van der Waals surface area (Å²) in [6, 6.07) is 8.70. The van der Waals surface area contributed by atoms with Gasteiger partial charge < -0.3 is 10.4 Å². The van der Waals surface area contributed by atoms with Crippen LogP contribution >= 0.6 is 11.3 Å². The number of benzene rings is 1. The standard InChI is InChI=1S/C15H18FNOS/c1-11(8-12-2-4-14(16)5-3-12)17-9-15(18)13-6-7-19-10-13/h2-7,10-11,15,17-18H,8-9H2,1H3/t11-,15-/m0/s1. The average Bonchev–Trinajstić information content (AvgIpc) is 2.93. The molecule has 1 aromatic heterocycles. The molecular weight excluding hydrogens is 261 g/mol. The number of hydrogen-bond donors (Lipinski definition) is 2. The van der Waals surface area contributed by atoms with E-state index in [1.54, 1.807) is 23.5 Å². The fourth-order valence-electron chi connectivity index (χ4n) is 1.94. The molecule has 0 aliphatic carbocycles. The second kappa shape index (κ2) is 6.80. The third-order valence-corrected chi connectivity index (χ3v) is 3.74. The molecule has 0 spiro atoms. The van der Waals surface area contributed by atoms with Gasteiger partial charge in [0.05, 0.1) is 6.10 Å². The molecule has 0 saturated heterocycles. The molecule has 2 N–H and O–H groups in total. The minimum absolute atomic E-state index is 0.211. The lowest BCUT2D eigenvalue weighted by Gasteiger charge is -2.16. The van der Waals surface area contributed by atoms with Crippen molar-refractivity contribution in [3.63, 3.8) is 0 Å². The molecule has 1 aromatic carbocycles. The van der Waals surface area contributed by atoms with Crippen LogP contribution in [0.1, 0.15) is 24.2 Å². The average molecular weight is 279 g/mol. The second-order valence-electron chi connectivity index (χ2n) is 4.71. The normalized spacial score (nSPS) is 14.3. The van der Waals surface area contributed by atoms with Crippen LogP contribution in [0.25, 0.3) is 0 Å². The van der Waals surface area contributed by atoms with E-state index in [1.165, 1.54) is 12.1 Å². The Labute approximate surface area is 116 Å². The first-order valence-electron chi connectivity index (χ1n) is 6.33. The number of aliphatic hydroxyl groups excluding tert-OH is 1. The lowest BCUT2D eigenvalue weighted by molar-refractivity contribution is 0.171. The zero-order valence-corrected chi connectivity index (χ0v) is 11.7. The smallest absolute Gasteiger partial charge is 0.123 e. The first kappa shape index (κ1) is 14.2. The summed E-state index contributed by atoms with van der Waals surface area (Å²) in [4.78, 5) is 0. The van der Waals surface area contributed by atoms with E-state index in [0.717, 1.165) is 17.5 Å². The van der Waals surface area contributed by atoms with E-state index in [4.69, 9.17) is 0 Å². The van der Waals surface area contributed by atoms with E-state index in [9.17, 15) is 9.50 Å². The molecular formula is C15H18FNOS.